The molecule has 6 aliphatic rings. The van der Waals surface area contributed by atoms with Gasteiger partial charge in [-0.2, -0.15) is 0 Å². The van der Waals surface area contributed by atoms with Crippen molar-refractivity contribution in [3.8, 4) is 0 Å². The third kappa shape index (κ3) is 3.54. The minimum absolute atomic E-state index is 0.0314. The number of carbonyl (C=O) groups excluding carboxylic acids is 4. The van der Waals surface area contributed by atoms with Crippen LogP contribution in [0, 0.1) is 17.0 Å². The molecule has 11 heteroatoms. The molecule has 0 aromatic heterocycles. The lowest BCUT2D eigenvalue weighted by Crippen LogP contribution is -2.75. The Kier molecular flexibility index (Phi) is 4.85. The molecule has 1 aromatic rings. The summed E-state index contributed by atoms with van der Waals surface area (Å²) in [5.41, 5.74) is -0.886. The smallest absolute Gasteiger partial charge is 0.408 e. The topological polar surface area (TPSA) is 108 Å². The maximum Gasteiger partial charge on any atom is 0.408 e. The summed E-state index contributed by atoms with van der Waals surface area (Å²) in [5.74, 6) is -3.67. The lowest BCUT2D eigenvalue weighted by atomic mass is 9.40. The average molecular weight is 488 g/mol. The van der Waals surface area contributed by atoms with Gasteiger partial charge in [-0.1, -0.05) is 0 Å². The molecule has 2 bridgehead atoms. The van der Waals surface area contributed by atoms with Crippen LogP contribution in [0.2, 0.25) is 0 Å². The molecule has 3 saturated carbocycles. The Morgan fingerprint density at radius 1 is 1.09 bits per heavy atom. The summed E-state index contributed by atoms with van der Waals surface area (Å²) < 4.78 is 35.1. The highest BCUT2D eigenvalue weighted by Gasteiger charge is 2.75. The van der Waals surface area contributed by atoms with Gasteiger partial charge in [0.2, 0.25) is 17.7 Å². The fraction of sp³-hybridized carbons (Fsp3) is 0.583. The number of halogens is 2. The Morgan fingerprint density at radius 2 is 1.74 bits per heavy atom. The first-order valence-electron chi connectivity index (χ1n) is 12.0. The highest BCUT2D eigenvalue weighted by atomic mass is 19.1. The van der Waals surface area contributed by atoms with Crippen LogP contribution in [0.5, 0.6) is 0 Å². The van der Waals surface area contributed by atoms with Crippen LogP contribution in [-0.2, 0) is 19.1 Å². The second-order valence-corrected chi connectivity index (χ2v) is 10.6. The third-order valence-corrected chi connectivity index (χ3v) is 8.11. The van der Waals surface area contributed by atoms with Gasteiger partial charge in [0.15, 0.2) is 0 Å². The van der Waals surface area contributed by atoms with E-state index in [1.807, 2.05) is 4.90 Å². The van der Waals surface area contributed by atoms with Crippen molar-refractivity contribution in [3.63, 3.8) is 0 Å². The van der Waals surface area contributed by atoms with Crippen molar-refractivity contribution < 1.29 is 32.7 Å². The first kappa shape index (κ1) is 22.2. The summed E-state index contributed by atoms with van der Waals surface area (Å²) >= 11 is 0. The van der Waals surface area contributed by atoms with E-state index in [1.165, 1.54) is 12.1 Å². The first-order chi connectivity index (χ1) is 16.7. The van der Waals surface area contributed by atoms with Crippen molar-refractivity contribution in [1.82, 2.24) is 15.5 Å². The Balaban J connectivity index is 0.996. The molecule has 6 fully saturated rings. The number of rotatable bonds is 5. The number of piperidine rings is 1. The molecule has 0 spiro atoms. The molecule has 3 aliphatic carbocycles. The molecular weight excluding hydrogens is 462 g/mol. The number of likely N-dealkylation sites (tertiary alicyclic amines) is 1. The molecule has 3 heterocycles. The first-order valence-corrected chi connectivity index (χ1v) is 12.0. The summed E-state index contributed by atoms with van der Waals surface area (Å²) in [6.45, 7) is 2.35. The fourth-order valence-corrected chi connectivity index (χ4v) is 6.11. The Bertz CT molecular complexity index is 1100. The summed E-state index contributed by atoms with van der Waals surface area (Å²) in [6.07, 6.45) is 2.35. The van der Waals surface area contributed by atoms with E-state index in [0.717, 1.165) is 19.5 Å². The number of imide groups is 1. The summed E-state index contributed by atoms with van der Waals surface area (Å²) in [4.78, 5) is 51.7. The van der Waals surface area contributed by atoms with Gasteiger partial charge in [0.05, 0.1) is 17.4 Å². The molecule has 3 saturated heterocycles. The highest BCUT2D eigenvalue weighted by molar-refractivity contribution is 6.01. The van der Waals surface area contributed by atoms with Gasteiger partial charge in [-0.05, 0) is 25.0 Å². The standard InChI is InChI=1S/C24H26F2N4O5/c25-16-6-14(7-17(26)19(16)15-2-3-18(31)28-20(15)32)30-8-13(9-30)27-22(34)35-24-10-23(11-24,12-24)21(33)29-4-1-5-29/h6-7,13,15H,1-5,8-12H2,(H,27,34)(H,28,31,32). The number of hydrogen-bond acceptors (Lipinski definition) is 6. The van der Waals surface area contributed by atoms with Crippen LogP contribution in [0.4, 0.5) is 19.3 Å². The molecule has 0 radical (unpaired) electrons. The molecule has 3 aliphatic heterocycles. The van der Waals surface area contributed by atoms with Gasteiger partial charge >= 0.3 is 6.09 Å². The quantitative estimate of drug-likeness (QED) is 0.609. The second kappa shape index (κ2) is 7.63. The van der Waals surface area contributed by atoms with Crippen LogP contribution in [-0.4, -0.2) is 66.5 Å². The number of nitrogens with zero attached hydrogens (tertiary/aromatic N) is 2. The maximum absolute atomic E-state index is 14.7. The SMILES string of the molecule is O=C1CCC(c2c(F)cc(N3CC(NC(=O)OC45CC(C(=O)N6CCC6)(C4)C5)C3)cc2F)C(=O)N1. The monoisotopic (exact) mass is 488 g/mol. The normalized spacial score (nSPS) is 31.4. The lowest BCUT2D eigenvalue weighted by Gasteiger charge is -2.68. The Hall–Kier alpha value is -3.24. The number of alkyl carbamates (subject to hydrolysis) is 1. The van der Waals surface area contributed by atoms with E-state index in [2.05, 4.69) is 10.6 Å². The van der Waals surface area contributed by atoms with E-state index in [-0.39, 0.29) is 35.8 Å². The molecule has 1 atom stereocenters. The average Bonchev–Trinajstić information content (AvgIpc) is 2.65. The minimum Gasteiger partial charge on any atom is -0.443 e. The van der Waals surface area contributed by atoms with Crippen molar-refractivity contribution >= 4 is 29.5 Å². The predicted octanol–water partition coefficient (Wildman–Crippen LogP) is 1.55. The molecule has 186 valence electrons. The van der Waals surface area contributed by atoms with Crippen molar-refractivity contribution in [2.45, 2.75) is 56.1 Å². The number of nitrogens with one attached hydrogen (secondary N) is 2. The minimum atomic E-state index is -1.04. The Labute approximate surface area is 200 Å². The van der Waals surface area contributed by atoms with Crippen LogP contribution in [0.3, 0.4) is 0 Å². The molecule has 7 rings (SSSR count). The molecule has 9 nitrogen and oxygen atoms in total. The fourth-order valence-electron chi connectivity index (χ4n) is 6.11. The van der Waals surface area contributed by atoms with Gasteiger partial charge in [0.25, 0.3) is 0 Å². The number of ether oxygens (including phenoxy) is 1. The van der Waals surface area contributed by atoms with Gasteiger partial charge < -0.3 is 19.9 Å². The predicted molar refractivity (Wildman–Crippen MR) is 117 cm³/mol. The van der Waals surface area contributed by atoms with E-state index in [4.69, 9.17) is 4.74 Å². The molecular formula is C24H26F2N4O5. The van der Waals surface area contributed by atoms with E-state index >= 15 is 0 Å². The highest BCUT2D eigenvalue weighted by Crippen LogP contribution is 2.70. The lowest BCUT2D eigenvalue weighted by molar-refractivity contribution is -0.255. The maximum atomic E-state index is 14.7. The zero-order valence-electron chi connectivity index (χ0n) is 19.1. The van der Waals surface area contributed by atoms with E-state index < -0.39 is 41.1 Å². The zero-order chi connectivity index (χ0) is 24.5. The van der Waals surface area contributed by atoms with Gasteiger partial charge in [0.1, 0.15) is 17.2 Å². The third-order valence-electron chi connectivity index (χ3n) is 8.11. The van der Waals surface area contributed by atoms with Crippen molar-refractivity contribution in [2.24, 2.45) is 5.41 Å². The van der Waals surface area contributed by atoms with Gasteiger partial charge in [-0.15, -0.1) is 0 Å². The van der Waals surface area contributed by atoms with Crippen LogP contribution >= 0.6 is 0 Å². The molecule has 35 heavy (non-hydrogen) atoms. The van der Waals surface area contributed by atoms with Crippen LogP contribution in [0.15, 0.2) is 12.1 Å². The molecule has 4 amide bonds. The molecule has 1 unspecified atom stereocenters. The van der Waals surface area contributed by atoms with Crippen molar-refractivity contribution in [2.75, 3.05) is 31.1 Å². The molecule has 1 aromatic carbocycles. The number of amides is 4. The summed E-state index contributed by atoms with van der Waals surface area (Å²) in [6, 6.07) is 2.12. The van der Waals surface area contributed by atoms with Gasteiger partial charge in [0, 0.05) is 63.1 Å². The van der Waals surface area contributed by atoms with Crippen LogP contribution in [0.1, 0.15) is 50.0 Å². The molecule has 2 N–H and O–H groups in total. The number of carbonyl (C=O) groups is 4. The van der Waals surface area contributed by atoms with Crippen LogP contribution < -0.4 is 15.5 Å². The Morgan fingerprint density at radius 3 is 2.31 bits per heavy atom. The number of hydrogen-bond donors (Lipinski definition) is 2. The van der Waals surface area contributed by atoms with E-state index in [0.29, 0.717) is 38.0 Å². The van der Waals surface area contributed by atoms with Crippen LogP contribution in [0.25, 0.3) is 0 Å². The zero-order valence-corrected chi connectivity index (χ0v) is 19.1. The second-order valence-electron chi connectivity index (χ2n) is 10.6. The number of anilines is 1. The van der Waals surface area contributed by atoms with E-state index in [1.54, 1.807) is 4.90 Å². The van der Waals surface area contributed by atoms with Gasteiger partial charge in [-0.25, -0.2) is 13.6 Å². The van der Waals surface area contributed by atoms with Gasteiger partial charge in [-0.3, -0.25) is 19.7 Å². The van der Waals surface area contributed by atoms with Crippen molar-refractivity contribution in [3.05, 3.63) is 29.3 Å². The van der Waals surface area contributed by atoms with E-state index in [9.17, 15) is 28.0 Å². The van der Waals surface area contributed by atoms with Crippen molar-refractivity contribution in [1.29, 1.82) is 0 Å². The largest absolute Gasteiger partial charge is 0.443 e. The number of benzene rings is 1. The summed E-state index contributed by atoms with van der Waals surface area (Å²) in [5, 5.41) is 4.90. The summed E-state index contributed by atoms with van der Waals surface area (Å²) in [7, 11) is 0.